The lowest BCUT2D eigenvalue weighted by atomic mass is 9.66. The predicted molar refractivity (Wildman–Crippen MR) is 169 cm³/mol. The van der Waals surface area contributed by atoms with Crippen LogP contribution < -0.4 is 0 Å². The summed E-state index contributed by atoms with van der Waals surface area (Å²) >= 11 is 0. The van der Waals surface area contributed by atoms with Gasteiger partial charge in [0.1, 0.15) is 83.2 Å². The summed E-state index contributed by atoms with van der Waals surface area (Å²) in [6, 6.07) is 9.03. The van der Waals surface area contributed by atoms with Gasteiger partial charge in [0.2, 0.25) is 17.2 Å². The van der Waals surface area contributed by atoms with E-state index in [1.54, 1.807) is 30.3 Å². The number of benzene rings is 2. The molecule has 2 aromatic carbocycles. The minimum absolute atomic E-state index is 0.406. The maximum atomic E-state index is 14.5. The third kappa shape index (κ3) is 7.07. The maximum Gasteiger partial charge on any atom is 0.219 e. The number of hydrogen-bond donors (Lipinski definition) is 15. The quantitative estimate of drug-likeness (QED) is 0.0605. The molecule has 18 heteroatoms. The molecule has 1 fully saturated rings. The summed E-state index contributed by atoms with van der Waals surface area (Å²) in [6.45, 7) is -2.31. The Hall–Kier alpha value is -4.44. The summed E-state index contributed by atoms with van der Waals surface area (Å²) in [6.07, 6.45) is -19.4. The molecule has 4 rings (SSSR count). The van der Waals surface area contributed by atoms with Crippen molar-refractivity contribution in [3.63, 3.8) is 0 Å². The van der Waals surface area contributed by atoms with Gasteiger partial charge in [0.25, 0.3) is 0 Å². The number of ether oxygens (including phenoxy) is 1. The van der Waals surface area contributed by atoms with Crippen LogP contribution in [0.3, 0.4) is 0 Å². The van der Waals surface area contributed by atoms with Crippen molar-refractivity contribution >= 4 is 17.6 Å². The minimum Gasteiger partial charge on any atom is -0.508 e. The molecule has 51 heavy (non-hydrogen) atoms. The molecule has 11 atom stereocenters. The second kappa shape index (κ2) is 15.4. The molecule has 18 nitrogen and oxygen atoms in total. The predicted octanol–water partition coefficient (Wildman–Crippen LogP) is -3.61. The first kappa shape index (κ1) is 39.3. The summed E-state index contributed by atoms with van der Waals surface area (Å²) in [5.41, 5.74) is -7.25. The Balaban J connectivity index is 2.09. The zero-order chi connectivity index (χ0) is 38.1. The molecule has 0 saturated carbocycles. The number of aromatic hydroxyl groups is 3. The van der Waals surface area contributed by atoms with Gasteiger partial charge < -0.3 is 81.3 Å². The van der Waals surface area contributed by atoms with E-state index in [9.17, 15) is 86.2 Å². The molecule has 0 amide bonds. The van der Waals surface area contributed by atoms with Crippen molar-refractivity contribution in [2.75, 3.05) is 13.2 Å². The Kier molecular flexibility index (Phi) is 11.9. The van der Waals surface area contributed by atoms with Crippen LogP contribution in [0.25, 0.3) is 6.08 Å². The van der Waals surface area contributed by atoms with Crippen molar-refractivity contribution < 1.29 is 90.9 Å². The first-order valence-electron chi connectivity index (χ1n) is 15.2. The van der Waals surface area contributed by atoms with Gasteiger partial charge in [-0.25, -0.2) is 0 Å². The van der Waals surface area contributed by atoms with Crippen LogP contribution in [0.2, 0.25) is 0 Å². The van der Waals surface area contributed by atoms with Crippen molar-refractivity contribution in [2.45, 2.75) is 66.5 Å². The highest BCUT2D eigenvalue weighted by Gasteiger charge is 2.65. The molecular weight excluding hydrogens is 684 g/mol. The second-order valence-electron chi connectivity index (χ2n) is 12.0. The number of allylic oxidation sites excluding steroid dienone is 2. The fourth-order valence-corrected chi connectivity index (χ4v) is 6.05. The van der Waals surface area contributed by atoms with E-state index < -0.39 is 137 Å². The number of hydrogen-bond acceptors (Lipinski definition) is 18. The molecule has 0 bridgehead atoms. The number of ketones is 2. The Morgan fingerprint density at radius 2 is 1.41 bits per heavy atom. The molecule has 1 heterocycles. The monoisotopic (exact) mass is 722 g/mol. The topological polar surface area (TPSA) is 347 Å². The fourth-order valence-electron chi connectivity index (χ4n) is 6.05. The average molecular weight is 723 g/mol. The van der Waals surface area contributed by atoms with E-state index in [2.05, 4.69) is 0 Å². The van der Waals surface area contributed by atoms with E-state index in [4.69, 9.17) is 4.74 Å². The lowest BCUT2D eigenvalue weighted by Crippen LogP contribution is -2.71. The van der Waals surface area contributed by atoms with Gasteiger partial charge >= 0.3 is 0 Å². The van der Waals surface area contributed by atoms with Crippen molar-refractivity contribution in [1.82, 2.24) is 0 Å². The number of phenolic OH excluding ortho intramolecular Hbond substituents is 3. The lowest BCUT2D eigenvalue weighted by Gasteiger charge is -2.47. The van der Waals surface area contributed by atoms with Crippen molar-refractivity contribution in [2.24, 2.45) is 0 Å². The van der Waals surface area contributed by atoms with Gasteiger partial charge in [0.15, 0.2) is 0 Å². The smallest absolute Gasteiger partial charge is 0.219 e. The van der Waals surface area contributed by atoms with Crippen LogP contribution in [0, 0.1) is 0 Å². The Bertz CT molecular complexity index is 1680. The highest BCUT2D eigenvalue weighted by molar-refractivity contribution is 6.28. The van der Waals surface area contributed by atoms with Crippen LogP contribution in [0.4, 0.5) is 0 Å². The largest absolute Gasteiger partial charge is 0.508 e. The van der Waals surface area contributed by atoms with Gasteiger partial charge in [-0.3, -0.25) is 9.59 Å². The molecule has 15 N–H and O–H groups in total. The number of Topliss-reactive ketones (excluding diaryl/α,β-unsaturated/α-hetero) is 2. The number of phenols is 3. The molecule has 1 unspecified atom stereocenters. The van der Waals surface area contributed by atoms with E-state index >= 15 is 0 Å². The van der Waals surface area contributed by atoms with E-state index in [1.807, 2.05) is 0 Å². The third-order valence-corrected chi connectivity index (χ3v) is 8.82. The number of rotatable bonds is 11. The summed E-state index contributed by atoms with van der Waals surface area (Å²) in [5, 5.41) is 160. The molecule has 0 aromatic heterocycles. The molecule has 1 aliphatic carbocycles. The number of carbonyl (C=O) groups excluding carboxylic acids is 2. The Labute approximate surface area is 287 Å². The molecule has 0 spiro atoms. The molecule has 2 aromatic rings. The number of aliphatic hydroxyl groups is 12. The van der Waals surface area contributed by atoms with E-state index in [0.717, 1.165) is 6.08 Å². The third-order valence-electron chi connectivity index (χ3n) is 8.82. The molecule has 2 aliphatic rings. The van der Waals surface area contributed by atoms with Crippen LogP contribution in [0.5, 0.6) is 17.2 Å². The zero-order valence-electron chi connectivity index (χ0n) is 26.3. The molecule has 0 radical (unpaired) electrons. The summed E-state index contributed by atoms with van der Waals surface area (Å²) in [4.78, 5) is 28.6. The molecule has 1 saturated heterocycles. The first-order valence-corrected chi connectivity index (χ1v) is 15.2. The lowest BCUT2D eigenvalue weighted by molar-refractivity contribution is -0.260. The van der Waals surface area contributed by atoms with E-state index in [-0.39, 0.29) is 0 Å². The number of aliphatic hydroxyl groups excluding tert-OH is 11. The van der Waals surface area contributed by atoms with Gasteiger partial charge in [-0.15, -0.1) is 0 Å². The molecule has 1 aliphatic heterocycles. The second-order valence-corrected chi connectivity index (χ2v) is 12.0. The van der Waals surface area contributed by atoms with Crippen LogP contribution in [-0.2, 0) is 14.3 Å². The van der Waals surface area contributed by atoms with Crippen molar-refractivity contribution in [3.05, 3.63) is 82.3 Å². The van der Waals surface area contributed by atoms with Crippen molar-refractivity contribution in [3.8, 4) is 17.2 Å². The van der Waals surface area contributed by atoms with Crippen LogP contribution in [0.1, 0.15) is 17.0 Å². The summed E-state index contributed by atoms with van der Waals surface area (Å²) in [7, 11) is 0. The SMILES string of the molecule is O=C1C(C(c2c(O)cc(O)cc2O)[C@H](O)[C@@H](O)[C@H](O)[C@H](O)CO)=C(O)/C(=C(O)/C=C\c2ccccc2)C(=O)[C@]1(O)[C@H]1O[C@H](CO)[C@@H](O)[C@H](O)[C@H]1O. The van der Waals surface area contributed by atoms with Crippen LogP contribution in [-0.4, -0.2) is 162 Å². The van der Waals surface area contributed by atoms with Gasteiger partial charge in [-0.2, -0.15) is 0 Å². The van der Waals surface area contributed by atoms with Gasteiger partial charge in [-0.1, -0.05) is 36.4 Å². The Morgan fingerprint density at radius 1 is 0.824 bits per heavy atom. The van der Waals surface area contributed by atoms with Crippen LogP contribution in [0.15, 0.2) is 71.2 Å². The summed E-state index contributed by atoms with van der Waals surface area (Å²) in [5.74, 6) is -12.4. The highest BCUT2D eigenvalue weighted by Crippen LogP contribution is 2.49. The Morgan fingerprint density at radius 3 is 1.96 bits per heavy atom. The molecular formula is C33H38O18. The maximum absolute atomic E-state index is 14.5. The zero-order valence-corrected chi connectivity index (χ0v) is 26.3. The van der Waals surface area contributed by atoms with E-state index in [0.29, 0.717) is 17.7 Å². The average Bonchev–Trinajstić information content (AvgIpc) is 3.10. The fraction of sp³-hybridized carbons (Fsp3) is 0.394. The van der Waals surface area contributed by atoms with E-state index in [1.165, 1.54) is 6.08 Å². The molecule has 278 valence electrons. The van der Waals surface area contributed by atoms with Crippen molar-refractivity contribution in [1.29, 1.82) is 0 Å². The van der Waals surface area contributed by atoms with Gasteiger partial charge in [0, 0.05) is 17.7 Å². The first-order chi connectivity index (χ1) is 23.9. The highest BCUT2D eigenvalue weighted by atomic mass is 16.6. The summed E-state index contributed by atoms with van der Waals surface area (Å²) < 4.78 is 5.32. The van der Waals surface area contributed by atoms with Gasteiger partial charge in [-0.05, 0) is 11.6 Å². The standard InChI is InChI=1S/C33H38O18/c34-10-17(40)23(41)27(45)26(44)21(19-15(38)8-13(36)9-16(19)39)22-25(43)20(14(37)7-6-12-4-2-1-3-5-12)30(48)33(50,31(22)49)32-29(47)28(46)24(42)18(11-35)51-32/h1-9,17-18,21,23-24,26-29,32,34-47,50H,10-11H2/b7-6-,20-14+/t17-,18-,21?,23-,24-,26+,27+,28+,29-,32+,33-/m1/s1. The minimum atomic E-state index is -3.87. The van der Waals surface area contributed by atoms with Gasteiger partial charge in [0.05, 0.1) is 30.8 Å². The van der Waals surface area contributed by atoms with Crippen LogP contribution >= 0.6 is 0 Å². The number of carbonyl (C=O) groups is 2. The normalized spacial score (nSPS) is 29.9.